The Kier molecular flexibility index (Phi) is 6.04. The molecule has 9 nitrogen and oxygen atoms in total. The lowest BCUT2D eigenvalue weighted by molar-refractivity contribution is -0.112. The molecule has 3 aromatic rings. The maximum absolute atomic E-state index is 12.7. The van der Waals surface area contributed by atoms with Gasteiger partial charge in [-0.3, -0.25) is 19.4 Å². The molecule has 2 heterocycles. The second kappa shape index (κ2) is 9.06. The Labute approximate surface area is 191 Å². The van der Waals surface area contributed by atoms with E-state index < -0.39 is 11.7 Å². The predicted molar refractivity (Wildman–Crippen MR) is 119 cm³/mol. The van der Waals surface area contributed by atoms with E-state index in [-0.39, 0.29) is 41.9 Å². The molecule has 0 fully saturated rings. The molecule has 162 valence electrons. The molecule has 0 saturated carbocycles. The van der Waals surface area contributed by atoms with E-state index in [1.54, 1.807) is 30.3 Å². The zero-order valence-corrected chi connectivity index (χ0v) is 18.1. The number of amides is 2. The zero-order chi connectivity index (χ0) is 22.7. The summed E-state index contributed by atoms with van der Waals surface area (Å²) in [7, 11) is 0. The standard InChI is InChI=1S/C22H17BrN4O5/c23-15-16(24)14(10-26-21(29)13-4-2-1-3-5-13)17(20-19(15)31-11-32-20)27-22(30)18(28)12-6-8-25-9-7-12/h1-9H,10-11,24H2,(H,26,29)(H,27,30). The number of aromatic nitrogens is 1. The van der Waals surface area contributed by atoms with Gasteiger partial charge in [0.05, 0.1) is 15.8 Å². The van der Waals surface area contributed by atoms with Crippen molar-refractivity contribution in [2.24, 2.45) is 0 Å². The lowest BCUT2D eigenvalue weighted by Crippen LogP contribution is -2.27. The quantitative estimate of drug-likeness (QED) is 0.271. The number of ether oxygens (including phenoxy) is 2. The molecule has 32 heavy (non-hydrogen) atoms. The molecule has 1 aromatic heterocycles. The molecule has 10 heteroatoms. The second-order valence-corrected chi connectivity index (χ2v) is 7.51. The highest BCUT2D eigenvalue weighted by atomic mass is 79.9. The summed E-state index contributed by atoms with van der Waals surface area (Å²) >= 11 is 3.37. The largest absolute Gasteiger partial charge is 0.452 e. The highest BCUT2D eigenvalue weighted by Crippen LogP contribution is 2.50. The van der Waals surface area contributed by atoms with E-state index in [1.807, 2.05) is 0 Å². The number of Topliss-reactive ketones (excluding diaryl/α,β-unsaturated/α-hetero) is 1. The number of nitrogens with zero attached hydrogens (tertiary/aromatic N) is 1. The van der Waals surface area contributed by atoms with Crippen molar-refractivity contribution < 1.29 is 23.9 Å². The van der Waals surface area contributed by atoms with Crippen LogP contribution in [0.2, 0.25) is 0 Å². The average molecular weight is 497 g/mol. The number of carbonyl (C=O) groups is 3. The summed E-state index contributed by atoms with van der Waals surface area (Å²) in [5.74, 6) is -1.48. The monoisotopic (exact) mass is 496 g/mol. The van der Waals surface area contributed by atoms with Crippen molar-refractivity contribution in [3.63, 3.8) is 0 Å². The number of ketones is 1. The number of nitrogens with one attached hydrogen (secondary N) is 2. The number of halogens is 1. The molecule has 0 atom stereocenters. The van der Waals surface area contributed by atoms with Gasteiger partial charge in [0.1, 0.15) is 0 Å². The number of rotatable bonds is 6. The van der Waals surface area contributed by atoms with Crippen LogP contribution in [0.1, 0.15) is 26.3 Å². The van der Waals surface area contributed by atoms with Crippen LogP contribution in [0.25, 0.3) is 0 Å². The van der Waals surface area contributed by atoms with Crippen molar-refractivity contribution in [2.45, 2.75) is 6.54 Å². The Hall–Kier alpha value is -3.92. The predicted octanol–water partition coefficient (Wildman–Crippen LogP) is 2.91. The molecule has 0 unspecified atom stereocenters. The molecule has 0 spiro atoms. The summed E-state index contributed by atoms with van der Waals surface area (Å²) in [6.45, 7) is -0.123. The van der Waals surface area contributed by atoms with Gasteiger partial charge in [0.25, 0.3) is 17.6 Å². The van der Waals surface area contributed by atoms with E-state index in [1.165, 1.54) is 24.5 Å². The van der Waals surface area contributed by atoms with Crippen LogP contribution in [0.5, 0.6) is 11.5 Å². The summed E-state index contributed by atoms with van der Waals surface area (Å²) in [6, 6.07) is 11.5. The number of pyridine rings is 1. The van der Waals surface area contributed by atoms with Crippen molar-refractivity contribution in [1.29, 1.82) is 0 Å². The number of nitrogen functional groups attached to an aromatic ring is 1. The molecule has 4 N–H and O–H groups in total. The Bertz CT molecular complexity index is 1200. The third-order valence-corrected chi connectivity index (χ3v) is 5.54. The minimum Gasteiger partial charge on any atom is -0.452 e. The highest BCUT2D eigenvalue weighted by Gasteiger charge is 2.30. The summed E-state index contributed by atoms with van der Waals surface area (Å²) in [5.41, 5.74) is 7.65. The van der Waals surface area contributed by atoms with Gasteiger partial charge >= 0.3 is 0 Å². The van der Waals surface area contributed by atoms with Gasteiger partial charge in [-0.2, -0.15) is 0 Å². The SMILES string of the molecule is Nc1c(Br)c2c(c(NC(=O)C(=O)c3ccncc3)c1CNC(=O)c1ccccc1)OCO2. The minimum absolute atomic E-state index is 0.0339. The summed E-state index contributed by atoms with van der Waals surface area (Å²) in [6.07, 6.45) is 2.83. The minimum atomic E-state index is -0.897. The van der Waals surface area contributed by atoms with Crippen LogP contribution in [-0.4, -0.2) is 29.4 Å². The number of fused-ring (bicyclic) bond motifs is 1. The average Bonchev–Trinajstić information content (AvgIpc) is 3.32. The van der Waals surface area contributed by atoms with E-state index in [0.717, 1.165) is 0 Å². The highest BCUT2D eigenvalue weighted by molar-refractivity contribution is 9.10. The molecule has 0 aliphatic carbocycles. The first-order valence-electron chi connectivity index (χ1n) is 9.45. The fraction of sp³-hybridized carbons (Fsp3) is 0.0909. The van der Waals surface area contributed by atoms with E-state index in [2.05, 4.69) is 31.5 Å². The van der Waals surface area contributed by atoms with E-state index in [0.29, 0.717) is 21.3 Å². The molecule has 2 amide bonds. The Morgan fingerprint density at radius 3 is 2.41 bits per heavy atom. The third kappa shape index (κ3) is 4.12. The van der Waals surface area contributed by atoms with Gasteiger partial charge in [-0.05, 0) is 40.2 Å². The number of carbonyl (C=O) groups excluding carboxylic acids is 3. The normalized spacial score (nSPS) is 11.7. The molecule has 0 radical (unpaired) electrons. The molecular formula is C22H17BrN4O5. The zero-order valence-electron chi connectivity index (χ0n) is 16.6. The molecule has 4 rings (SSSR count). The first-order valence-corrected chi connectivity index (χ1v) is 10.2. The number of nitrogens with two attached hydrogens (primary N) is 1. The third-order valence-electron chi connectivity index (χ3n) is 4.75. The molecular weight excluding hydrogens is 480 g/mol. The first-order chi connectivity index (χ1) is 15.5. The van der Waals surface area contributed by atoms with Gasteiger partial charge < -0.3 is 25.8 Å². The molecule has 0 bridgehead atoms. The van der Waals surface area contributed by atoms with Gasteiger partial charge in [-0.1, -0.05) is 18.2 Å². The van der Waals surface area contributed by atoms with Crippen LogP contribution in [0.3, 0.4) is 0 Å². The van der Waals surface area contributed by atoms with Crippen LogP contribution >= 0.6 is 15.9 Å². The van der Waals surface area contributed by atoms with Crippen LogP contribution in [0, 0.1) is 0 Å². The summed E-state index contributed by atoms with van der Waals surface area (Å²) < 4.78 is 11.4. The Morgan fingerprint density at radius 1 is 1.00 bits per heavy atom. The van der Waals surface area contributed by atoms with Crippen LogP contribution in [-0.2, 0) is 11.3 Å². The summed E-state index contributed by atoms with van der Waals surface area (Å²) in [4.78, 5) is 41.6. The number of hydrogen-bond acceptors (Lipinski definition) is 7. The van der Waals surface area contributed by atoms with Crippen LogP contribution < -0.4 is 25.8 Å². The lowest BCUT2D eigenvalue weighted by atomic mass is 10.1. The second-order valence-electron chi connectivity index (χ2n) is 6.71. The fourth-order valence-corrected chi connectivity index (χ4v) is 3.67. The van der Waals surface area contributed by atoms with Crippen molar-refractivity contribution >= 4 is 44.9 Å². The first kappa shape index (κ1) is 21.3. The van der Waals surface area contributed by atoms with Gasteiger partial charge in [0.15, 0.2) is 11.5 Å². The molecule has 1 aliphatic rings. The smallest absolute Gasteiger partial charge is 0.296 e. The molecule has 2 aromatic carbocycles. The molecule has 0 saturated heterocycles. The van der Waals surface area contributed by atoms with Gasteiger partial charge in [-0.25, -0.2) is 0 Å². The number of benzene rings is 2. The van der Waals surface area contributed by atoms with Crippen molar-refractivity contribution in [3.8, 4) is 11.5 Å². The van der Waals surface area contributed by atoms with E-state index >= 15 is 0 Å². The number of anilines is 2. The van der Waals surface area contributed by atoms with E-state index in [9.17, 15) is 14.4 Å². The maximum atomic E-state index is 12.7. The van der Waals surface area contributed by atoms with Crippen molar-refractivity contribution in [1.82, 2.24) is 10.3 Å². The fourth-order valence-electron chi connectivity index (χ4n) is 3.13. The summed E-state index contributed by atoms with van der Waals surface area (Å²) in [5, 5.41) is 5.34. The molecule has 1 aliphatic heterocycles. The van der Waals surface area contributed by atoms with Crippen molar-refractivity contribution in [3.05, 3.63) is 76.0 Å². The van der Waals surface area contributed by atoms with Gasteiger partial charge in [0.2, 0.25) is 6.79 Å². The Morgan fingerprint density at radius 2 is 1.69 bits per heavy atom. The van der Waals surface area contributed by atoms with Crippen LogP contribution in [0.4, 0.5) is 11.4 Å². The van der Waals surface area contributed by atoms with Gasteiger partial charge in [-0.15, -0.1) is 0 Å². The lowest BCUT2D eigenvalue weighted by Gasteiger charge is -2.18. The maximum Gasteiger partial charge on any atom is 0.296 e. The van der Waals surface area contributed by atoms with Gasteiger partial charge in [0, 0.05) is 35.6 Å². The number of hydrogen-bond donors (Lipinski definition) is 3. The van der Waals surface area contributed by atoms with Crippen molar-refractivity contribution in [2.75, 3.05) is 17.8 Å². The van der Waals surface area contributed by atoms with E-state index in [4.69, 9.17) is 15.2 Å². The topological polar surface area (TPSA) is 133 Å². The van der Waals surface area contributed by atoms with Crippen LogP contribution in [0.15, 0.2) is 59.3 Å². The Balaban J connectivity index is 1.65.